The van der Waals surface area contributed by atoms with Crippen LogP contribution in [0.25, 0.3) is 10.4 Å². The van der Waals surface area contributed by atoms with Crippen LogP contribution in [0, 0.1) is 5.82 Å². The molecule has 2 aromatic rings. The largest absolute Gasteiger partial charge is 0.476 e. The van der Waals surface area contributed by atoms with Gasteiger partial charge in [0, 0.05) is 5.56 Å². The first-order chi connectivity index (χ1) is 7.59. The van der Waals surface area contributed by atoms with Crippen LogP contribution in [0.4, 0.5) is 9.52 Å². The molecule has 0 aliphatic rings. The van der Waals surface area contributed by atoms with Gasteiger partial charge in [0.15, 0.2) is 10.8 Å². The summed E-state index contributed by atoms with van der Waals surface area (Å²) in [7, 11) is 0. The minimum atomic E-state index is -1.22. The van der Waals surface area contributed by atoms with Gasteiger partial charge in [0.2, 0.25) is 0 Å². The van der Waals surface area contributed by atoms with E-state index < -0.39 is 11.8 Å². The third kappa shape index (κ3) is 1.74. The number of nitrogen functional groups attached to an aromatic ring is 1. The second-order valence-electron chi connectivity index (χ2n) is 3.01. The van der Waals surface area contributed by atoms with Crippen LogP contribution in [0.5, 0.6) is 0 Å². The van der Waals surface area contributed by atoms with Crippen molar-refractivity contribution in [2.24, 2.45) is 0 Å². The van der Waals surface area contributed by atoms with E-state index in [1.54, 1.807) is 6.07 Å². The van der Waals surface area contributed by atoms with E-state index in [4.69, 9.17) is 10.8 Å². The number of aromatic nitrogens is 1. The molecular formula is C10H7FN2O2S. The summed E-state index contributed by atoms with van der Waals surface area (Å²) in [5.74, 6) is -1.71. The zero-order chi connectivity index (χ0) is 11.7. The molecule has 0 radical (unpaired) electrons. The number of carboxylic acids is 1. The monoisotopic (exact) mass is 238 g/mol. The summed E-state index contributed by atoms with van der Waals surface area (Å²) < 4.78 is 13.5. The lowest BCUT2D eigenvalue weighted by atomic mass is 10.1. The zero-order valence-electron chi connectivity index (χ0n) is 7.98. The number of thiazole rings is 1. The molecule has 2 rings (SSSR count). The van der Waals surface area contributed by atoms with Gasteiger partial charge in [-0.3, -0.25) is 0 Å². The second kappa shape index (κ2) is 3.90. The summed E-state index contributed by atoms with van der Waals surface area (Å²) >= 11 is 0.956. The molecule has 1 aromatic heterocycles. The van der Waals surface area contributed by atoms with Crippen molar-refractivity contribution in [3.63, 3.8) is 0 Å². The van der Waals surface area contributed by atoms with E-state index in [0.717, 1.165) is 11.3 Å². The molecule has 6 heteroatoms. The lowest BCUT2D eigenvalue weighted by Gasteiger charge is -1.99. The van der Waals surface area contributed by atoms with Gasteiger partial charge in [-0.25, -0.2) is 14.2 Å². The van der Waals surface area contributed by atoms with Crippen LogP contribution in [0.3, 0.4) is 0 Å². The highest BCUT2D eigenvalue weighted by Gasteiger charge is 2.19. The highest BCUT2D eigenvalue weighted by molar-refractivity contribution is 7.19. The first-order valence-corrected chi connectivity index (χ1v) is 5.15. The van der Waals surface area contributed by atoms with Gasteiger partial charge >= 0.3 is 5.97 Å². The molecule has 0 amide bonds. The Labute approximate surface area is 94.2 Å². The van der Waals surface area contributed by atoms with Crippen LogP contribution < -0.4 is 5.73 Å². The lowest BCUT2D eigenvalue weighted by Crippen LogP contribution is -1.99. The topological polar surface area (TPSA) is 76.2 Å². The van der Waals surface area contributed by atoms with Crippen LogP contribution >= 0.6 is 11.3 Å². The molecule has 0 aliphatic heterocycles. The molecule has 0 atom stereocenters. The molecule has 1 heterocycles. The average Bonchev–Trinajstić information content (AvgIpc) is 2.61. The number of nitrogens with two attached hydrogens (primary N) is 1. The maximum absolute atomic E-state index is 13.5. The maximum Gasteiger partial charge on any atom is 0.356 e. The summed E-state index contributed by atoms with van der Waals surface area (Å²) in [6, 6.07) is 5.91. The van der Waals surface area contributed by atoms with Crippen molar-refractivity contribution >= 4 is 22.4 Å². The van der Waals surface area contributed by atoms with E-state index in [1.165, 1.54) is 18.2 Å². The maximum atomic E-state index is 13.5. The Balaban J connectivity index is 2.64. The smallest absolute Gasteiger partial charge is 0.356 e. The van der Waals surface area contributed by atoms with Gasteiger partial charge in [-0.2, -0.15) is 0 Å². The van der Waals surface area contributed by atoms with Crippen molar-refractivity contribution in [3.05, 3.63) is 35.8 Å². The van der Waals surface area contributed by atoms with Crippen molar-refractivity contribution in [1.82, 2.24) is 4.98 Å². The quantitative estimate of drug-likeness (QED) is 0.841. The minimum absolute atomic E-state index is 0.107. The number of anilines is 1. The number of carboxylic acid groups (broad SMARTS) is 1. The van der Waals surface area contributed by atoms with Gasteiger partial charge < -0.3 is 10.8 Å². The third-order valence-electron chi connectivity index (χ3n) is 1.96. The molecule has 0 unspecified atom stereocenters. The van der Waals surface area contributed by atoms with E-state index in [-0.39, 0.29) is 21.3 Å². The number of hydrogen-bond acceptors (Lipinski definition) is 4. The highest BCUT2D eigenvalue weighted by atomic mass is 32.1. The van der Waals surface area contributed by atoms with Gasteiger partial charge in [-0.15, -0.1) is 0 Å². The van der Waals surface area contributed by atoms with Crippen molar-refractivity contribution in [2.75, 3.05) is 5.73 Å². The standard InChI is InChI=1S/C10H7FN2O2S/c11-6-4-2-1-3-5(6)8-7(9(14)15)13-10(12)16-8/h1-4H,(H2,12,13)(H,14,15). The number of carbonyl (C=O) groups is 1. The van der Waals surface area contributed by atoms with Crippen LogP contribution in [0.15, 0.2) is 24.3 Å². The predicted octanol–water partition coefficient (Wildman–Crippen LogP) is 2.23. The van der Waals surface area contributed by atoms with Gasteiger partial charge in [0.25, 0.3) is 0 Å². The first kappa shape index (κ1) is 10.6. The Hall–Kier alpha value is -1.95. The molecule has 16 heavy (non-hydrogen) atoms. The first-order valence-electron chi connectivity index (χ1n) is 4.34. The van der Waals surface area contributed by atoms with Crippen molar-refractivity contribution in [1.29, 1.82) is 0 Å². The van der Waals surface area contributed by atoms with Gasteiger partial charge in [0.1, 0.15) is 5.82 Å². The summed E-state index contributed by atoms with van der Waals surface area (Å²) in [5.41, 5.74) is 5.41. The van der Waals surface area contributed by atoms with Gasteiger partial charge in [-0.1, -0.05) is 29.5 Å². The predicted molar refractivity (Wildman–Crippen MR) is 58.9 cm³/mol. The van der Waals surface area contributed by atoms with Crippen molar-refractivity contribution < 1.29 is 14.3 Å². The summed E-state index contributed by atoms with van der Waals surface area (Å²) in [6.45, 7) is 0. The zero-order valence-corrected chi connectivity index (χ0v) is 8.79. The normalized spacial score (nSPS) is 10.3. The lowest BCUT2D eigenvalue weighted by molar-refractivity contribution is 0.0692. The fourth-order valence-corrected chi connectivity index (χ4v) is 2.16. The van der Waals surface area contributed by atoms with Crippen molar-refractivity contribution in [2.45, 2.75) is 0 Å². The van der Waals surface area contributed by atoms with Crippen LogP contribution in [0.1, 0.15) is 10.5 Å². The number of aromatic carboxylic acids is 1. The van der Waals surface area contributed by atoms with Gasteiger partial charge in [0.05, 0.1) is 4.88 Å². The number of halogens is 1. The molecule has 1 aromatic carbocycles. The van der Waals surface area contributed by atoms with E-state index >= 15 is 0 Å². The molecule has 0 saturated carbocycles. The highest BCUT2D eigenvalue weighted by Crippen LogP contribution is 2.33. The molecule has 4 nitrogen and oxygen atoms in total. The minimum Gasteiger partial charge on any atom is -0.476 e. The number of rotatable bonds is 2. The van der Waals surface area contributed by atoms with E-state index in [9.17, 15) is 9.18 Å². The SMILES string of the molecule is Nc1nc(C(=O)O)c(-c2ccccc2F)s1. The summed E-state index contributed by atoms with van der Waals surface area (Å²) in [6.07, 6.45) is 0. The molecule has 82 valence electrons. The Morgan fingerprint density at radius 3 is 2.75 bits per heavy atom. The second-order valence-corrected chi connectivity index (χ2v) is 4.05. The fourth-order valence-electron chi connectivity index (χ4n) is 1.31. The Bertz CT molecular complexity index is 554. The van der Waals surface area contributed by atoms with Crippen LogP contribution in [-0.4, -0.2) is 16.1 Å². The third-order valence-corrected chi connectivity index (χ3v) is 2.88. The Kier molecular flexibility index (Phi) is 2.57. The molecule has 0 fully saturated rings. The number of hydrogen-bond donors (Lipinski definition) is 2. The van der Waals surface area contributed by atoms with Crippen molar-refractivity contribution in [3.8, 4) is 10.4 Å². The molecular weight excluding hydrogens is 231 g/mol. The molecule has 0 saturated heterocycles. The van der Waals surface area contributed by atoms with Crippen LogP contribution in [0.2, 0.25) is 0 Å². The Morgan fingerprint density at radius 2 is 2.12 bits per heavy atom. The van der Waals surface area contributed by atoms with Gasteiger partial charge in [-0.05, 0) is 6.07 Å². The summed E-state index contributed by atoms with van der Waals surface area (Å²) in [4.78, 5) is 14.8. The number of benzene rings is 1. The van der Waals surface area contributed by atoms with E-state index in [0.29, 0.717) is 0 Å². The number of nitrogens with zero attached hydrogens (tertiary/aromatic N) is 1. The molecule has 0 aliphatic carbocycles. The summed E-state index contributed by atoms with van der Waals surface area (Å²) in [5, 5.41) is 9.00. The average molecular weight is 238 g/mol. The molecule has 0 spiro atoms. The van der Waals surface area contributed by atoms with E-state index in [1.807, 2.05) is 0 Å². The van der Waals surface area contributed by atoms with E-state index in [2.05, 4.69) is 4.98 Å². The molecule has 0 bridgehead atoms. The fraction of sp³-hybridized carbons (Fsp3) is 0. The van der Waals surface area contributed by atoms with Crippen LogP contribution in [-0.2, 0) is 0 Å². The Morgan fingerprint density at radius 1 is 1.44 bits per heavy atom. The molecule has 3 N–H and O–H groups in total.